The summed E-state index contributed by atoms with van der Waals surface area (Å²) in [7, 11) is -2.29. The molecule has 12 nitrogen and oxygen atoms in total. The number of aryl methyl sites for hydroxylation is 3. The first-order valence-electron chi connectivity index (χ1n) is 13.6. The number of carbonyl (C=O) groups is 2. The zero-order chi connectivity index (χ0) is 30.8. The highest BCUT2D eigenvalue weighted by atomic mass is 32.2. The van der Waals surface area contributed by atoms with E-state index in [4.69, 9.17) is 9.26 Å². The second kappa shape index (κ2) is 12.4. The van der Waals surface area contributed by atoms with Crippen molar-refractivity contribution in [3.8, 4) is 5.75 Å². The van der Waals surface area contributed by atoms with Crippen LogP contribution in [0.1, 0.15) is 41.2 Å². The van der Waals surface area contributed by atoms with Crippen LogP contribution in [0.5, 0.6) is 5.75 Å². The summed E-state index contributed by atoms with van der Waals surface area (Å²) in [5, 5.41) is 16.6. The minimum atomic E-state index is -3.92. The molecule has 1 aliphatic heterocycles. The number of aromatic nitrogens is 1. The number of ether oxygens (including phenoxy) is 1. The molecule has 0 spiro atoms. The zero-order valence-corrected chi connectivity index (χ0v) is 25.4. The van der Waals surface area contributed by atoms with Crippen molar-refractivity contribution in [2.45, 2.75) is 51.7 Å². The van der Waals surface area contributed by atoms with Crippen molar-refractivity contribution in [2.75, 3.05) is 36.8 Å². The molecular weight excluding hydrogens is 562 g/mol. The summed E-state index contributed by atoms with van der Waals surface area (Å²) in [6, 6.07) is 10.0. The molecule has 0 bridgehead atoms. The van der Waals surface area contributed by atoms with E-state index in [-0.39, 0.29) is 53.5 Å². The lowest BCUT2D eigenvalue weighted by molar-refractivity contribution is 0.0371. The lowest BCUT2D eigenvalue weighted by Gasteiger charge is -2.38. The largest absolute Gasteiger partial charge is 0.487 e. The Balaban J connectivity index is 1.62. The maximum Gasteiger partial charge on any atom is 0.321 e. The average Bonchev–Trinajstić information content (AvgIpc) is 3.26. The first kappa shape index (κ1) is 30.8. The van der Waals surface area contributed by atoms with Gasteiger partial charge in [0.05, 0.1) is 29.7 Å². The fourth-order valence-electron chi connectivity index (χ4n) is 4.65. The van der Waals surface area contributed by atoms with Crippen LogP contribution in [0.3, 0.4) is 0 Å². The number of amides is 3. The van der Waals surface area contributed by atoms with Gasteiger partial charge in [-0.25, -0.2) is 13.2 Å². The lowest BCUT2D eigenvalue weighted by atomic mass is 9.99. The van der Waals surface area contributed by atoms with Gasteiger partial charge in [0.25, 0.3) is 15.9 Å². The number of benzene rings is 2. The van der Waals surface area contributed by atoms with Crippen molar-refractivity contribution >= 4 is 33.3 Å². The van der Waals surface area contributed by atoms with Crippen molar-refractivity contribution in [3.63, 3.8) is 0 Å². The van der Waals surface area contributed by atoms with Crippen LogP contribution in [0, 0.1) is 26.7 Å². The summed E-state index contributed by atoms with van der Waals surface area (Å²) in [4.78, 5) is 29.8. The van der Waals surface area contributed by atoms with Gasteiger partial charge in [-0.3, -0.25) is 9.52 Å². The first-order chi connectivity index (χ1) is 19.8. The van der Waals surface area contributed by atoms with E-state index in [1.165, 1.54) is 35.2 Å². The van der Waals surface area contributed by atoms with Gasteiger partial charge in [0.1, 0.15) is 23.2 Å². The number of likely N-dealkylation sites (N-methyl/N-ethyl adjacent to an activating group) is 1. The van der Waals surface area contributed by atoms with Crippen LogP contribution >= 0.6 is 0 Å². The Kier molecular flexibility index (Phi) is 9.12. The number of rotatable bonds is 8. The number of hydrogen-bond donors (Lipinski definition) is 3. The maximum atomic E-state index is 13.7. The van der Waals surface area contributed by atoms with Gasteiger partial charge < -0.3 is 29.5 Å². The summed E-state index contributed by atoms with van der Waals surface area (Å²) in [5.74, 6) is 0.0899. The molecular formula is C29H37N5O7S. The Morgan fingerprint density at radius 3 is 2.50 bits per heavy atom. The smallest absolute Gasteiger partial charge is 0.321 e. The van der Waals surface area contributed by atoms with Crippen molar-refractivity contribution < 1.29 is 32.4 Å². The molecule has 3 aromatic rings. The fourth-order valence-corrected chi connectivity index (χ4v) is 5.70. The monoisotopic (exact) mass is 599 g/mol. The van der Waals surface area contributed by atoms with Gasteiger partial charge in [-0.1, -0.05) is 29.8 Å². The van der Waals surface area contributed by atoms with Crippen LogP contribution in [0.15, 0.2) is 51.9 Å². The maximum absolute atomic E-state index is 13.7. The van der Waals surface area contributed by atoms with Gasteiger partial charge in [-0.15, -0.1) is 0 Å². The molecule has 3 amide bonds. The van der Waals surface area contributed by atoms with Crippen LogP contribution in [-0.2, 0) is 10.0 Å². The SMILES string of the molecule is Cc1ccc(S(=O)(=O)Nc2ccc3c(c2)C(=O)N([C@@H](C)CO)C[C@@H](C)[C@H](CN(C)C(=O)Nc2c(C)noc2C)O3)cc1. The third-order valence-corrected chi connectivity index (χ3v) is 8.71. The molecule has 2 heterocycles. The molecule has 226 valence electrons. The minimum Gasteiger partial charge on any atom is -0.487 e. The Bertz CT molecular complexity index is 1540. The predicted molar refractivity (Wildman–Crippen MR) is 157 cm³/mol. The first-order valence-corrected chi connectivity index (χ1v) is 15.1. The second-order valence-corrected chi connectivity index (χ2v) is 12.4. The summed E-state index contributed by atoms with van der Waals surface area (Å²) < 4.78 is 40.0. The summed E-state index contributed by atoms with van der Waals surface area (Å²) in [6.07, 6.45) is -0.541. The van der Waals surface area contributed by atoms with E-state index in [1.54, 1.807) is 44.9 Å². The van der Waals surface area contributed by atoms with E-state index in [2.05, 4.69) is 15.2 Å². The van der Waals surface area contributed by atoms with E-state index in [0.29, 0.717) is 17.1 Å². The molecule has 0 aliphatic carbocycles. The van der Waals surface area contributed by atoms with Gasteiger partial charge in [0.15, 0.2) is 5.76 Å². The van der Waals surface area contributed by atoms with Crippen LogP contribution in [0.25, 0.3) is 0 Å². The molecule has 13 heteroatoms. The number of sulfonamides is 1. The Labute approximate surface area is 245 Å². The van der Waals surface area contributed by atoms with Gasteiger partial charge in [0, 0.05) is 25.2 Å². The molecule has 3 atom stereocenters. The number of aliphatic hydroxyl groups excluding tert-OH is 1. The van der Waals surface area contributed by atoms with Crippen LogP contribution in [0.2, 0.25) is 0 Å². The molecule has 3 N–H and O–H groups in total. The average molecular weight is 600 g/mol. The highest BCUT2D eigenvalue weighted by Crippen LogP contribution is 2.31. The third kappa shape index (κ3) is 6.68. The quantitative estimate of drug-likeness (QED) is 0.353. The van der Waals surface area contributed by atoms with Crippen LogP contribution in [-0.4, -0.2) is 79.3 Å². The Morgan fingerprint density at radius 2 is 1.88 bits per heavy atom. The number of carbonyl (C=O) groups excluding carboxylic acids is 2. The highest BCUT2D eigenvalue weighted by Gasteiger charge is 2.34. The number of fused-ring (bicyclic) bond motifs is 1. The van der Waals surface area contributed by atoms with Gasteiger partial charge in [-0.05, 0) is 58.0 Å². The van der Waals surface area contributed by atoms with Crippen molar-refractivity contribution in [2.24, 2.45) is 5.92 Å². The van der Waals surface area contributed by atoms with Gasteiger partial charge >= 0.3 is 6.03 Å². The third-order valence-electron chi connectivity index (χ3n) is 7.31. The van der Waals surface area contributed by atoms with Crippen molar-refractivity contribution in [3.05, 3.63) is 65.0 Å². The molecule has 2 aromatic carbocycles. The molecule has 0 fully saturated rings. The van der Waals surface area contributed by atoms with Gasteiger partial charge in [-0.2, -0.15) is 0 Å². The topological polar surface area (TPSA) is 154 Å². The lowest BCUT2D eigenvalue weighted by Crippen LogP contribution is -2.50. The Morgan fingerprint density at radius 1 is 1.19 bits per heavy atom. The normalized spacial score (nSPS) is 17.9. The molecule has 0 saturated carbocycles. The van der Waals surface area contributed by atoms with E-state index < -0.39 is 28.1 Å². The minimum absolute atomic E-state index is 0.0877. The molecule has 1 aromatic heterocycles. The number of hydrogen-bond acceptors (Lipinski definition) is 8. The predicted octanol–water partition coefficient (Wildman–Crippen LogP) is 3.78. The molecule has 1 aliphatic rings. The van der Waals surface area contributed by atoms with Crippen molar-refractivity contribution in [1.29, 1.82) is 0 Å². The summed E-state index contributed by atoms with van der Waals surface area (Å²) in [5.41, 5.74) is 2.30. The standard InChI is InChI=1S/C29H37N5O7S/c1-17-7-10-23(11-8-17)42(38,39)32-22-9-12-25-24(13-22)28(36)34(19(3)16-35)14-18(2)26(40-25)15-33(6)29(37)30-27-20(4)31-41-21(27)5/h7-13,18-19,26,32,35H,14-16H2,1-6H3,(H,30,37)/t18-,19+,26+/m1/s1. The number of nitrogens with zero attached hydrogens (tertiary/aromatic N) is 3. The summed E-state index contributed by atoms with van der Waals surface area (Å²) in [6.45, 7) is 9.08. The molecule has 0 unspecified atom stereocenters. The van der Waals surface area contributed by atoms with E-state index >= 15 is 0 Å². The molecule has 0 saturated heterocycles. The zero-order valence-electron chi connectivity index (χ0n) is 24.5. The van der Waals surface area contributed by atoms with E-state index in [9.17, 15) is 23.1 Å². The molecule has 42 heavy (non-hydrogen) atoms. The van der Waals surface area contributed by atoms with Gasteiger partial charge in [0.2, 0.25) is 0 Å². The van der Waals surface area contributed by atoms with E-state index in [0.717, 1.165) is 5.56 Å². The molecule has 4 rings (SSSR count). The number of urea groups is 1. The van der Waals surface area contributed by atoms with Crippen LogP contribution in [0.4, 0.5) is 16.2 Å². The summed E-state index contributed by atoms with van der Waals surface area (Å²) >= 11 is 0. The second-order valence-electron chi connectivity index (χ2n) is 10.8. The number of anilines is 2. The molecule has 0 radical (unpaired) electrons. The number of aliphatic hydroxyl groups is 1. The Hall–Kier alpha value is -4.10. The number of nitrogens with one attached hydrogen (secondary N) is 2. The fraction of sp³-hybridized carbons (Fsp3) is 0.414. The highest BCUT2D eigenvalue weighted by molar-refractivity contribution is 7.92. The van der Waals surface area contributed by atoms with Crippen molar-refractivity contribution in [1.82, 2.24) is 15.0 Å². The van der Waals surface area contributed by atoms with E-state index in [1.807, 2.05) is 13.8 Å². The van der Waals surface area contributed by atoms with Crippen LogP contribution < -0.4 is 14.8 Å².